The minimum absolute atomic E-state index is 0.0755. The van der Waals surface area contributed by atoms with Gasteiger partial charge in [-0.2, -0.15) is 0 Å². The van der Waals surface area contributed by atoms with Crippen LogP contribution >= 0.6 is 7.82 Å². The van der Waals surface area contributed by atoms with E-state index in [0.29, 0.717) is 23.9 Å². The number of unbranched alkanes of at least 4 members (excludes halogenated alkanes) is 34. The lowest BCUT2D eigenvalue weighted by atomic mass is 10.0. The van der Waals surface area contributed by atoms with Crippen molar-refractivity contribution in [2.75, 3.05) is 40.9 Å². The average molecular weight is 1050 g/mol. The summed E-state index contributed by atoms with van der Waals surface area (Å²) in [6, 6.07) is -0.760. The summed E-state index contributed by atoms with van der Waals surface area (Å²) < 4.78 is 23.8. The molecule has 73 heavy (non-hydrogen) atoms. The van der Waals surface area contributed by atoms with E-state index in [1.165, 1.54) is 193 Å². The minimum Gasteiger partial charge on any atom is -0.391 e. The second-order valence-electron chi connectivity index (χ2n) is 22.4. The van der Waals surface area contributed by atoms with Gasteiger partial charge in [0.1, 0.15) is 13.2 Å². The van der Waals surface area contributed by atoms with Crippen LogP contribution in [-0.2, 0) is 18.4 Å². The highest BCUT2D eigenvalue weighted by Crippen LogP contribution is 2.43. The number of hydrogen-bond acceptors (Lipinski definition) is 5. The number of phosphoric acid groups is 1. The van der Waals surface area contributed by atoms with Gasteiger partial charge in [0.2, 0.25) is 5.91 Å². The average Bonchev–Trinajstić information content (AvgIpc) is 3.35. The Kier molecular flexibility index (Phi) is 53.6. The molecular formula is C64H122N2O6P+. The van der Waals surface area contributed by atoms with E-state index in [9.17, 15) is 19.4 Å². The summed E-state index contributed by atoms with van der Waals surface area (Å²) >= 11 is 0. The van der Waals surface area contributed by atoms with Crippen molar-refractivity contribution in [2.24, 2.45) is 0 Å². The summed E-state index contributed by atoms with van der Waals surface area (Å²) in [5.41, 5.74) is 0. The van der Waals surface area contributed by atoms with Crippen molar-refractivity contribution < 1.29 is 32.9 Å². The van der Waals surface area contributed by atoms with Crippen LogP contribution in [0.3, 0.4) is 0 Å². The van der Waals surface area contributed by atoms with Gasteiger partial charge in [-0.05, 0) is 57.8 Å². The van der Waals surface area contributed by atoms with Gasteiger partial charge in [-0.15, -0.1) is 0 Å². The zero-order valence-electron chi connectivity index (χ0n) is 48.9. The van der Waals surface area contributed by atoms with E-state index in [-0.39, 0.29) is 19.1 Å². The number of nitrogens with one attached hydrogen (secondary N) is 1. The zero-order chi connectivity index (χ0) is 53.5. The number of aliphatic hydroxyl groups excluding tert-OH is 1. The first-order valence-electron chi connectivity index (χ1n) is 31.2. The Morgan fingerprint density at radius 2 is 0.822 bits per heavy atom. The number of rotatable bonds is 57. The number of amides is 1. The summed E-state index contributed by atoms with van der Waals surface area (Å²) in [5.74, 6) is -0.141. The molecule has 0 radical (unpaired) electrons. The number of aliphatic hydroxyl groups is 1. The Hall–Kier alpha value is -1.80. The number of hydrogen-bond donors (Lipinski definition) is 3. The first-order valence-corrected chi connectivity index (χ1v) is 32.6. The van der Waals surface area contributed by atoms with Crippen LogP contribution in [0, 0.1) is 0 Å². The highest BCUT2D eigenvalue weighted by Gasteiger charge is 2.28. The number of carbonyl (C=O) groups is 1. The van der Waals surface area contributed by atoms with Crippen LogP contribution in [0.1, 0.15) is 290 Å². The van der Waals surface area contributed by atoms with Crippen LogP contribution in [0.4, 0.5) is 0 Å². The Morgan fingerprint density at radius 1 is 0.479 bits per heavy atom. The Morgan fingerprint density at radius 3 is 1.21 bits per heavy atom. The molecule has 0 fully saturated rings. The van der Waals surface area contributed by atoms with Crippen molar-refractivity contribution in [3.63, 3.8) is 0 Å². The minimum atomic E-state index is -4.32. The van der Waals surface area contributed by atoms with Gasteiger partial charge in [-0.25, -0.2) is 4.57 Å². The van der Waals surface area contributed by atoms with Gasteiger partial charge in [0.25, 0.3) is 0 Å². The predicted octanol–water partition coefficient (Wildman–Crippen LogP) is 19.3. The molecule has 3 atom stereocenters. The molecule has 3 N–H and O–H groups in total. The third kappa shape index (κ3) is 57.7. The maximum absolute atomic E-state index is 13.0. The van der Waals surface area contributed by atoms with Gasteiger partial charge in [0.15, 0.2) is 0 Å². The Labute approximate surface area is 453 Å². The Balaban J connectivity index is 3.93. The molecular weight excluding hydrogens is 924 g/mol. The highest BCUT2D eigenvalue weighted by molar-refractivity contribution is 7.47. The van der Waals surface area contributed by atoms with Crippen LogP contribution in [0.5, 0.6) is 0 Å². The van der Waals surface area contributed by atoms with E-state index >= 15 is 0 Å². The van der Waals surface area contributed by atoms with Gasteiger partial charge in [-0.1, -0.05) is 286 Å². The fraction of sp³-hybridized carbons (Fsp3) is 0.828. The second kappa shape index (κ2) is 55.0. The van der Waals surface area contributed by atoms with E-state index in [2.05, 4.69) is 79.9 Å². The molecule has 0 saturated carbocycles. The smallest absolute Gasteiger partial charge is 0.391 e. The number of phosphoric ester groups is 1. The van der Waals surface area contributed by atoms with E-state index in [1.807, 2.05) is 21.1 Å². The molecule has 0 bridgehead atoms. The van der Waals surface area contributed by atoms with E-state index in [0.717, 1.165) is 70.6 Å². The van der Waals surface area contributed by atoms with Crippen LogP contribution in [0.2, 0.25) is 0 Å². The first kappa shape index (κ1) is 71.2. The van der Waals surface area contributed by atoms with Crippen LogP contribution in [0.15, 0.2) is 60.8 Å². The number of nitrogens with zero attached hydrogens (tertiary/aromatic N) is 1. The molecule has 0 aromatic rings. The van der Waals surface area contributed by atoms with Crippen LogP contribution in [0.25, 0.3) is 0 Å². The van der Waals surface area contributed by atoms with Gasteiger partial charge in [-0.3, -0.25) is 13.8 Å². The zero-order valence-corrected chi connectivity index (χ0v) is 49.8. The van der Waals surface area contributed by atoms with Gasteiger partial charge >= 0.3 is 7.82 Å². The van der Waals surface area contributed by atoms with Crippen molar-refractivity contribution in [3.05, 3.63) is 60.8 Å². The molecule has 1 amide bonds. The van der Waals surface area contributed by atoms with Crippen LogP contribution in [-0.4, -0.2) is 73.4 Å². The number of quaternary nitrogens is 1. The molecule has 9 heteroatoms. The summed E-state index contributed by atoms with van der Waals surface area (Å²) in [5, 5.41) is 14.1. The molecule has 0 heterocycles. The second-order valence-corrected chi connectivity index (χ2v) is 23.9. The summed E-state index contributed by atoms with van der Waals surface area (Å²) in [7, 11) is 1.62. The highest BCUT2D eigenvalue weighted by atomic mass is 31.2. The maximum Gasteiger partial charge on any atom is 0.472 e. The lowest BCUT2D eigenvalue weighted by Gasteiger charge is -2.26. The van der Waals surface area contributed by atoms with Crippen molar-refractivity contribution >= 4 is 13.7 Å². The molecule has 0 aliphatic heterocycles. The van der Waals surface area contributed by atoms with Crippen molar-refractivity contribution in [2.45, 2.75) is 302 Å². The third-order valence-corrected chi connectivity index (χ3v) is 15.0. The quantitative estimate of drug-likeness (QED) is 0.0243. The first-order chi connectivity index (χ1) is 35.5. The molecule has 0 aromatic carbocycles. The molecule has 428 valence electrons. The van der Waals surface area contributed by atoms with E-state index in [1.54, 1.807) is 0 Å². The molecule has 0 aliphatic carbocycles. The lowest BCUT2D eigenvalue weighted by Crippen LogP contribution is -2.46. The molecule has 0 aliphatic rings. The topological polar surface area (TPSA) is 105 Å². The van der Waals surface area contributed by atoms with E-state index in [4.69, 9.17) is 9.05 Å². The van der Waals surface area contributed by atoms with E-state index < -0.39 is 20.0 Å². The molecule has 0 spiro atoms. The molecule has 0 saturated heterocycles. The maximum atomic E-state index is 13.0. The standard InChI is InChI=1S/C64H121N2O6P/c1-6-8-10-12-14-16-18-20-22-23-24-25-26-27-28-29-30-31-32-33-34-35-36-37-38-39-40-41-42-43-44-46-48-50-52-54-56-58-64(68)65-62(61-72-73(69,70)71-60-59-66(3,4)5)63(67)57-55-53-51-49-47-45-21-19-17-15-13-11-9-7-2/h8,10,14,16,20,22,24-25,27-28,62-63,67H,6-7,9,11-13,15,17-19,21,23,26,29-61H2,1-5H3,(H-,65,68,69,70)/p+1/b10-8-,16-14-,22-20-,25-24-,28-27-. The molecule has 8 nitrogen and oxygen atoms in total. The molecule has 0 rings (SSSR count). The summed E-state index contributed by atoms with van der Waals surface area (Å²) in [4.78, 5) is 23.3. The predicted molar refractivity (Wildman–Crippen MR) is 318 cm³/mol. The molecule has 3 unspecified atom stereocenters. The number of likely N-dealkylation sites (N-methyl/N-ethyl adjacent to an activating group) is 1. The van der Waals surface area contributed by atoms with Crippen molar-refractivity contribution in [3.8, 4) is 0 Å². The molecule has 0 aromatic heterocycles. The van der Waals surface area contributed by atoms with Crippen molar-refractivity contribution in [1.29, 1.82) is 0 Å². The third-order valence-electron chi connectivity index (χ3n) is 14.0. The van der Waals surface area contributed by atoms with Gasteiger partial charge < -0.3 is 19.8 Å². The Bertz CT molecular complexity index is 1370. The lowest BCUT2D eigenvalue weighted by molar-refractivity contribution is -0.870. The van der Waals surface area contributed by atoms with Gasteiger partial charge in [0.05, 0.1) is 39.9 Å². The number of carbonyl (C=O) groups excluding carboxylic acids is 1. The monoisotopic (exact) mass is 1050 g/mol. The fourth-order valence-electron chi connectivity index (χ4n) is 9.19. The van der Waals surface area contributed by atoms with Crippen molar-refractivity contribution in [1.82, 2.24) is 5.32 Å². The number of allylic oxidation sites excluding steroid dienone is 10. The summed E-state index contributed by atoms with van der Waals surface area (Å²) in [6.07, 6.45) is 74.5. The van der Waals surface area contributed by atoms with Gasteiger partial charge in [0, 0.05) is 6.42 Å². The van der Waals surface area contributed by atoms with Crippen LogP contribution < -0.4 is 5.32 Å². The largest absolute Gasteiger partial charge is 0.472 e. The normalized spacial score (nSPS) is 14.2. The fourth-order valence-corrected chi connectivity index (χ4v) is 9.93. The summed E-state index contributed by atoms with van der Waals surface area (Å²) in [6.45, 7) is 4.80. The SMILES string of the molecule is CC/C=C\C/C=C\C/C=C\C/C=C\C/C=C\CCCCCCCCCCCCCCCCCCCCCCCC(=O)NC(COP(=O)(O)OCC[N+](C)(C)C)C(O)CCCCCCCCCCCCCCCC.